The Morgan fingerprint density at radius 2 is 1.83 bits per heavy atom. The Hall–Kier alpha value is -2.86. The van der Waals surface area contributed by atoms with Crippen LogP contribution in [0.2, 0.25) is 5.02 Å². The Bertz CT molecular complexity index is 866. The van der Waals surface area contributed by atoms with Gasteiger partial charge in [-0.1, -0.05) is 50.9 Å². The molecular weight excluding hydrogens is 402 g/mol. The summed E-state index contributed by atoms with van der Waals surface area (Å²) in [4.78, 5) is 25.1. The van der Waals surface area contributed by atoms with Crippen LogP contribution in [-0.2, 0) is 4.79 Å². The number of benzene rings is 2. The maximum Gasteiger partial charge on any atom is 0.262 e. The number of nitrogens with zero attached hydrogens (tertiary/aromatic N) is 1. The Morgan fingerprint density at radius 1 is 1.13 bits per heavy atom. The minimum Gasteiger partial charge on any atom is -0.493 e. The highest BCUT2D eigenvalue weighted by molar-refractivity contribution is 6.30. The average Bonchev–Trinajstić information content (AvgIpc) is 2.73. The lowest BCUT2D eigenvalue weighted by molar-refractivity contribution is -0.123. The minimum atomic E-state index is -0.735. The van der Waals surface area contributed by atoms with E-state index in [1.54, 1.807) is 24.3 Å². The van der Waals surface area contributed by atoms with Crippen LogP contribution in [0.15, 0.2) is 53.6 Å². The minimum absolute atomic E-state index is 0.124. The van der Waals surface area contributed by atoms with Gasteiger partial charge in [0.25, 0.3) is 11.8 Å². The van der Waals surface area contributed by atoms with E-state index < -0.39 is 11.9 Å². The van der Waals surface area contributed by atoms with E-state index in [1.807, 2.05) is 38.1 Å². The molecule has 0 saturated heterocycles. The summed E-state index contributed by atoms with van der Waals surface area (Å²) in [6.45, 7) is 6.43. The number of hydrogen-bond donors (Lipinski definition) is 2. The van der Waals surface area contributed by atoms with E-state index in [4.69, 9.17) is 16.3 Å². The van der Waals surface area contributed by atoms with Gasteiger partial charge in [0.15, 0.2) is 0 Å². The van der Waals surface area contributed by atoms with Crippen LogP contribution < -0.4 is 15.5 Å². The monoisotopic (exact) mass is 429 g/mol. The zero-order valence-electron chi connectivity index (χ0n) is 17.5. The molecule has 2 rings (SSSR count). The third-order valence-electron chi connectivity index (χ3n) is 4.39. The Kier molecular flexibility index (Phi) is 9.35. The predicted molar refractivity (Wildman–Crippen MR) is 120 cm³/mol. The molecule has 0 fully saturated rings. The number of carbonyl (C=O) groups is 2. The molecule has 0 bridgehead atoms. The molecular formula is C23H28ClN3O3. The van der Waals surface area contributed by atoms with Crippen LogP contribution in [0.1, 0.15) is 49.5 Å². The molecule has 30 heavy (non-hydrogen) atoms. The number of unbranched alkanes of at least 4 members (excludes halogenated alkanes) is 1. The normalized spacial score (nSPS) is 12.0. The van der Waals surface area contributed by atoms with Crippen molar-refractivity contribution in [3.8, 4) is 5.75 Å². The molecule has 160 valence electrons. The van der Waals surface area contributed by atoms with Crippen molar-refractivity contribution in [3.63, 3.8) is 0 Å². The first-order chi connectivity index (χ1) is 14.4. The van der Waals surface area contributed by atoms with Gasteiger partial charge in [-0.2, -0.15) is 5.10 Å². The van der Waals surface area contributed by atoms with Crippen LogP contribution in [0.5, 0.6) is 5.75 Å². The summed E-state index contributed by atoms with van der Waals surface area (Å²) in [5.41, 5.74) is 3.71. The molecule has 1 unspecified atom stereocenters. The summed E-state index contributed by atoms with van der Waals surface area (Å²) in [5, 5.41) is 7.35. The van der Waals surface area contributed by atoms with Crippen molar-refractivity contribution < 1.29 is 14.3 Å². The van der Waals surface area contributed by atoms with Gasteiger partial charge in [0.05, 0.1) is 12.8 Å². The number of carbonyl (C=O) groups excluding carboxylic acids is 2. The second-order valence-electron chi connectivity index (χ2n) is 7.18. The largest absolute Gasteiger partial charge is 0.493 e. The number of ether oxygens (including phenoxy) is 1. The SMILES string of the molecule is CCCCOc1ccccc1/C=N/NC(=O)C(NC(=O)c1ccc(Cl)cc1)C(C)C. The third kappa shape index (κ3) is 7.19. The van der Waals surface area contributed by atoms with Gasteiger partial charge in [-0.25, -0.2) is 5.43 Å². The summed E-state index contributed by atoms with van der Waals surface area (Å²) in [7, 11) is 0. The van der Waals surface area contributed by atoms with Gasteiger partial charge >= 0.3 is 0 Å². The van der Waals surface area contributed by atoms with Crippen molar-refractivity contribution in [2.75, 3.05) is 6.61 Å². The van der Waals surface area contributed by atoms with Crippen molar-refractivity contribution in [1.29, 1.82) is 0 Å². The standard InChI is InChI=1S/C23H28ClN3O3/c1-4-5-14-30-20-9-7-6-8-18(20)15-25-27-23(29)21(16(2)3)26-22(28)17-10-12-19(24)13-11-17/h6-13,15-16,21H,4-5,14H2,1-3H3,(H,26,28)(H,27,29)/b25-15+. The molecule has 2 aromatic rings. The number of amides is 2. The Labute approximate surface area is 182 Å². The molecule has 2 amide bonds. The van der Waals surface area contributed by atoms with Crippen molar-refractivity contribution in [2.45, 2.75) is 39.7 Å². The van der Waals surface area contributed by atoms with Crippen LogP contribution in [0.3, 0.4) is 0 Å². The fourth-order valence-electron chi connectivity index (χ4n) is 2.64. The molecule has 0 radical (unpaired) electrons. The van der Waals surface area contributed by atoms with Gasteiger partial charge in [0.2, 0.25) is 0 Å². The molecule has 0 aliphatic heterocycles. The average molecular weight is 430 g/mol. The van der Waals surface area contributed by atoms with Crippen molar-refractivity contribution in [2.24, 2.45) is 11.0 Å². The van der Waals surface area contributed by atoms with E-state index in [0.29, 0.717) is 22.9 Å². The van der Waals surface area contributed by atoms with Crippen molar-refractivity contribution >= 4 is 29.6 Å². The van der Waals surface area contributed by atoms with E-state index in [9.17, 15) is 9.59 Å². The zero-order valence-corrected chi connectivity index (χ0v) is 18.3. The molecule has 0 spiro atoms. The molecule has 0 aliphatic rings. The van der Waals surface area contributed by atoms with E-state index >= 15 is 0 Å². The first-order valence-corrected chi connectivity index (χ1v) is 10.4. The lowest BCUT2D eigenvalue weighted by Crippen LogP contribution is -2.48. The Balaban J connectivity index is 2.00. The molecule has 0 aromatic heterocycles. The third-order valence-corrected chi connectivity index (χ3v) is 4.65. The molecule has 2 N–H and O–H groups in total. The number of rotatable bonds is 10. The molecule has 6 nitrogen and oxygen atoms in total. The highest BCUT2D eigenvalue weighted by atomic mass is 35.5. The number of hydrogen-bond acceptors (Lipinski definition) is 4. The molecule has 0 aliphatic carbocycles. The maximum atomic E-state index is 12.6. The van der Waals surface area contributed by atoms with Gasteiger partial charge in [0, 0.05) is 16.1 Å². The maximum absolute atomic E-state index is 12.6. The summed E-state index contributed by atoms with van der Waals surface area (Å²) >= 11 is 5.86. The lowest BCUT2D eigenvalue weighted by Gasteiger charge is -2.20. The fourth-order valence-corrected chi connectivity index (χ4v) is 2.77. The zero-order chi connectivity index (χ0) is 21.9. The second kappa shape index (κ2) is 12.0. The lowest BCUT2D eigenvalue weighted by atomic mass is 10.0. The van der Waals surface area contributed by atoms with Crippen LogP contribution in [0, 0.1) is 5.92 Å². The Morgan fingerprint density at radius 3 is 2.50 bits per heavy atom. The van der Waals surface area contributed by atoms with Crippen LogP contribution in [0.25, 0.3) is 0 Å². The van der Waals surface area contributed by atoms with E-state index in [1.165, 1.54) is 6.21 Å². The molecule has 1 atom stereocenters. The second-order valence-corrected chi connectivity index (χ2v) is 7.61. The van der Waals surface area contributed by atoms with Gasteiger partial charge in [-0.15, -0.1) is 0 Å². The number of nitrogens with one attached hydrogen (secondary N) is 2. The highest BCUT2D eigenvalue weighted by Gasteiger charge is 2.24. The molecule has 0 heterocycles. The summed E-state index contributed by atoms with van der Waals surface area (Å²) < 4.78 is 5.76. The van der Waals surface area contributed by atoms with Crippen molar-refractivity contribution in [3.05, 3.63) is 64.7 Å². The van der Waals surface area contributed by atoms with Gasteiger partial charge < -0.3 is 10.1 Å². The van der Waals surface area contributed by atoms with E-state index in [2.05, 4.69) is 22.8 Å². The highest BCUT2D eigenvalue weighted by Crippen LogP contribution is 2.16. The van der Waals surface area contributed by atoms with Crippen molar-refractivity contribution in [1.82, 2.24) is 10.7 Å². The topological polar surface area (TPSA) is 79.8 Å². The van der Waals surface area contributed by atoms with Gasteiger partial charge in [0.1, 0.15) is 11.8 Å². The number of halogens is 1. The van der Waals surface area contributed by atoms with E-state index in [-0.39, 0.29) is 11.8 Å². The summed E-state index contributed by atoms with van der Waals surface area (Å²) in [6.07, 6.45) is 3.55. The molecule has 7 heteroatoms. The van der Waals surface area contributed by atoms with Crippen LogP contribution in [-0.4, -0.2) is 30.7 Å². The van der Waals surface area contributed by atoms with Gasteiger partial charge in [-0.3, -0.25) is 9.59 Å². The molecule has 0 saturated carbocycles. The number of hydrazone groups is 1. The smallest absolute Gasteiger partial charge is 0.262 e. The summed E-state index contributed by atoms with van der Waals surface area (Å²) in [5.74, 6) is -0.159. The number of para-hydroxylation sites is 1. The molecule has 2 aromatic carbocycles. The first-order valence-electron chi connectivity index (χ1n) is 10.0. The summed E-state index contributed by atoms with van der Waals surface area (Å²) in [6, 6.07) is 13.2. The predicted octanol–water partition coefficient (Wildman–Crippen LogP) is 4.42. The fraction of sp³-hybridized carbons (Fsp3) is 0.348. The van der Waals surface area contributed by atoms with Crippen LogP contribution in [0.4, 0.5) is 0 Å². The van der Waals surface area contributed by atoms with E-state index in [0.717, 1.165) is 18.4 Å². The van der Waals surface area contributed by atoms with Crippen LogP contribution >= 0.6 is 11.6 Å². The quantitative estimate of drug-likeness (QED) is 0.333. The first kappa shape index (κ1) is 23.4. The van der Waals surface area contributed by atoms with Gasteiger partial charge in [-0.05, 0) is 48.7 Å².